The third-order valence-electron chi connectivity index (χ3n) is 2.76. The lowest BCUT2D eigenvalue weighted by Gasteiger charge is -2.10. The Hall–Kier alpha value is -2.43. The van der Waals surface area contributed by atoms with Crippen LogP contribution in [0.4, 0.5) is 5.69 Å². The van der Waals surface area contributed by atoms with Crippen molar-refractivity contribution in [2.45, 2.75) is 12.8 Å². The van der Waals surface area contributed by atoms with Crippen molar-refractivity contribution in [2.75, 3.05) is 5.01 Å². The number of aromatic amines is 1. The first-order chi connectivity index (χ1) is 8.83. The van der Waals surface area contributed by atoms with Gasteiger partial charge in [-0.3, -0.25) is 4.79 Å². The number of benzene rings is 1. The summed E-state index contributed by atoms with van der Waals surface area (Å²) in [5, 5.41) is 5.81. The molecular formula is C13H12N4O. The van der Waals surface area contributed by atoms with Crippen molar-refractivity contribution in [3.63, 3.8) is 0 Å². The number of nitrogens with zero attached hydrogens (tertiary/aromatic N) is 3. The van der Waals surface area contributed by atoms with Gasteiger partial charge in [-0.05, 0) is 12.1 Å². The van der Waals surface area contributed by atoms with E-state index >= 15 is 0 Å². The summed E-state index contributed by atoms with van der Waals surface area (Å²) in [6.07, 6.45) is 4.40. The third kappa shape index (κ3) is 2.02. The molecule has 5 heteroatoms. The summed E-state index contributed by atoms with van der Waals surface area (Å²) in [5.74, 6) is 0.833. The number of para-hydroxylation sites is 1. The molecule has 1 aliphatic rings. The smallest absolute Gasteiger partial charge is 0.253 e. The standard InChI is InChI=1S/C13H12N4O/c18-13-9-10(8-12-14-6-7-15-12)16-17(13)11-4-2-1-3-5-11/h1-7H,8-9H2,(H,14,15). The minimum atomic E-state index is 0.00255. The number of nitrogens with one attached hydrogen (secondary N) is 1. The topological polar surface area (TPSA) is 61.4 Å². The average molecular weight is 240 g/mol. The van der Waals surface area contributed by atoms with Crippen LogP contribution < -0.4 is 5.01 Å². The SMILES string of the molecule is O=C1CC(Cc2ncc[nH]2)=NN1c1ccccc1. The summed E-state index contributed by atoms with van der Waals surface area (Å²) in [6, 6.07) is 9.44. The Morgan fingerprint density at radius 3 is 2.83 bits per heavy atom. The molecule has 0 atom stereocenters. The van der Waals surface area contributed by atoms with Crippen molar-refractivity contribution in [2.24, 2.45) is 5.10 Å². The zero-order valence-electron chi connectivity index (χ0n) is 9.71. The lowest BCUT2D eigenvalue weighted by Crippen LogP contribution is -2.19. The van der Waals surface area contributed by atoms with Gasteiger partial charge in [-0.2, -0.15) is 5.10 Å². The van der Waals surface area contributed by atoms with Crippen molar-refractivity contribution >= 4 is 17.3 Å². The molecule has 0 spiro atoms. The number of hydrogen-bond acceptors (Lipinski definition) is 3. The summed E-state index contributed by atoms with van der Waals surface area (Å²) >= 11 is 0. The van der Waals surface area contributed by atoms with Crippen LogP contribution in [-0.4, -0.2) is 21.6 Å². The van der Waals surface area contributed by atoms with Crippen LogP contribution in [0.2, 0.25) is 0 Å². The molecule has 0 saturated heterocycles. The van der Waals surface area contributed by atoms with Crippen molar-refractivity contribution in [3.05, 3.63) is 48.5 Å². The maximum absolute atomic E-state index is 11.9. The number of hydrazone groups is 1. The van der Waals surface area contributed by atoms with E-state index in [-0.39, 0.29) is 5.91 Å². The maximum Gasteiger partial charge on any atom is 0.253 e. The van der Waals surface area contributed by atoms with Crippen molar-refractivity contribution in [3.8, 4) is 0 Å². The van der Waals surface area contributed by atoms with Gasteiger partial charge in [0, 0.05) is 18.8 Å². The molecule has 0 saturated carbocycles. The van der Waals surface area contributed by atoms with Gasteiger partial charge in [-0.25, -0.2) is 9.99 Å². The first-order valence-electron chi connectivity index (χ1n) is 5.75. The molecular weight excluding hydrogens is 228 g/mol. The predicted molar refractivity (Wildman–Crippen MR) is 68.3 cm³/mol. The van der Waals surface area contributed by atoms with Crippen LogP contribution in [0, 0.1) is 0 Å². The number of H-pyrrole nitrogens is 1. The summed E-state index contributed by atoms with van der Waals surface area (Å²) in [5.41, 5.74) is 1.63. The predicted octanol–water partition coefficient (Wildman–Crippen LogP) is 1.75. The Bertz CT molecular complexity index is 574. The summed E-state index contributed by atoms with van der Waals surface area (Å²) in [7, 11) is 0. The Morgan fingerprint density at radius 1 is 1.28 bits per heavy atom. The molecule has 2 heterocycles. The van der Waals surface area contributed by atoms with Crippen LogP contribution >= 0.6 is 0 Å². The van der Waals surface area contributed by atoms with E-state index < -0.39 is 0 Å². The van der Waals surface area contributed by atoms with Crippen molar-refractivity contribution in [1.82, 2.24) is 9.97 Å². The van der Waals surface area contributed by atoms with Gasteiger partial charge in [0.2, 0.25) is 0 Å². The largest absolute Gasteiger partial charge is 0.348 e. The molecule has 1 aliphatic heterocycles. The Kier molecular flexibility index (Phi) is 2.64. The normalized spacial score (nSPS) is 15.0. The number of hydrogen-bond donors (Lipinski definition) is 1. The Balaban J connectivity index is 1.81. The first kappa shape index (κ1) is 10.7. The number of anilines is 1. The van der Waals surface area contributed by atoms with E-state index in [2.05, 4.69) is 15.1 Å². The third-order valence-corrected chi connectivity index (χ3v) is 2.76. The molecule has 0 bridgehead atoms. The van der Waals surface area contributed by atoms with E-state index in [0.29, 0.717) is 12.8 Å². The average Bonchev–Trinajstić information content (AvgIpc) is 3.01. The second-order valence-electron chi connectivity index (χ2n) is 4.10. The molecule has 1 amide bonds. The quantitative estimate of drug-likeness (QED) is 0.888. The monoisotopic (exact) mass is 240 g/mol. The molecule has 0 unspecified atom stereocenters. The Morgan fingerprint density at radius 2 is 2.11 bits per heavy atom. The molecule has 0 fully saturated rings. The van der Waals surface area contributed by atoms with Crippen LogP contribution in [0.1, 0.15) is 12.2 Å². The molecule has 5 nitrogen and oxygen atoms in total. The summed E-state index contributed by atoms with van der Waals surface area (Å²) in [6.45, 7) is 0. The van der Waals surface area contributed by atoms with Gasteiger partial charge in [0.15, 0.2) is 0 Å². The first-order valence-corrected chi connectivity index (χ1v) is 5.75. The van der Waals surface area contributed by atoms with Gasteiger partial charge >= 0.3 is 0 Å². The second-order valence-corrected chi connectivity index (χ2v) is 4.10. The molecule has 1 N–H and O–H groups in total. The van der Waals surface area contributed by atoms with E-state index in [1.807, 2.05) is 30.3 Å². The number of imidazole rings is 1. The van der Waals surface area contributed by atoms with Gasteiger partial charge in [-0.1, -0.05) is 18.2 Å². The lowest BCUT2D eigenvalue weighted by molar-refractivity contribution is -0.116. The maximum atomic E-state index is 11.9. The molecule has 18 heavy (non-hydrogen) atoms. The highest BCUT2D eigenvalue weighted by Crippen LogP contribution is 2.20. The molecule has 2 aromatic rings. The van der Waals surface area contributed by atoms with Crippen LogP contribution in [0.3, 0.4) is 0 Å². The van der Waals surface area contributed by atoms with Gasteiger partial charge in [-0.15, -0.1) is 0 Å². The van der Waals surface area contributed by atoms with Gasteiger partial charge in [0.25, 0.3) is 5.91 Å². The van der Waals surface area contributed by atoms with Gasteiger partial charge < -0.3 is 4.98 Å². The van der Waals surface area contributed by atoms with Crippen LogP contribution in [0.25, 0.3) is 0 Å². The van der Waals surface area contributed by atoms with Gasteiger partial charge in [0.1, 0.15) is 5.82 Å². The Labute approximate surface area is 104 Å². The lowest BCUT2D eigenvalue weighted by atomic mass is 10.2. The van der Waals surface area contributed by atoms with Crippen molar-refractivity contribution in [1.29, 1.82) is 0 Å². The number of rotatable bonds is 3. The zero-order valence-corrected chi connectivity index (χ0v) is 9.71. The zero-order chi connectivity index (χ0) is 12.4. The molecule has 90 valence electrons. The van der Waals surface area contributed by atoms with E-state index in [9.17, 15) is 4.79 Å². The fourth-order valence-corrected chi connectivity index (χ4v) is 1.94. The molecule has 0 aliphatic carbocycles. The summed E-state index contributed by atoms with van der Waals surface area (Å²) < 4.78 is 0. The number of aromatic nitrogens is 2. The van der Waals surface area contributed by atoms with E-state index in [1.165, 1.54) is 5.01 Å². The highest BCUT2D eigenvalue weighted by Gasteiger charge is 2.25. The van der Waals surface area contributed by atoms with Crippen molar-refractivity contribution < 1.29 is 4.79 Å². The molecule has 1 aromatic carbocycles. The van der Waals surface area contributed by atoms with Crippen LogP contribution in [0.5, 0.6) is 0 Å². The highest BCUT2D eigenvalue weighted by atomic mass is 16.2. The highest BCUT2D eigenvalue weighted by molar-refractivity contribution is 6.13. The minimum absolute atomic E-state index is 0.00255. The van der Waals surface area contributed by atoms with Crippen LogP contribution in [0.15, 0.2) is 47.8 Å². The minimum Gasteiger partial charge on any atom is -0.348 e. The number of carbonyl (C=O) groups is 1. The molecule has 0 radical (unpaired) electrons. The van der Waals surface area contributed by atoms with E-state index in [4.69, 9.17) is 0 Å². The fraction of sp³-hybridized carbons (Fsp3) is 0.154. The fourth-order valence-electron chi connectivity index (χ4n) is 1.94. The van der Waals surface area contributed by atoms with Crippen LogP contribution in [-0.2, 0) is 11.2 Å². The molecule has 1 aromatic heterocycles. The summed E-state index contributed by atoms with van der Waals surface area (Å²) in [4.78, 5) is 19.0. The van der Waals surface area contributed by atoms with Gasteiger partial charge in [0.05, 0.1) is 17.8 Å². The number of amides is 1. The van der Waals surface area contributed by atoms with E-state index in [0.717, 1.165) is 17.2 Å². The molecule has 3 rings (SSSR count). The van der Waals surface area contributed by atoms with E-state index in [1.54, 1.807) is 12.4 Å². The number of carbonyl (C=O) groups excluding carboxylic acids is 1. The second kappa shape index (κ2) is 4.44.